The Hall–Kier alpha value is -3.00. The molecule has 4 rings (SSSR count). The maximum absolute atomic E-state index is 13.1. The van der Waals surface area contributed by atoms with Crippen LogP contribution in [0.15, 0.2) is 29.1 Å². The van der Waals surface area contributed by atoms with Crippen molar-refractivity contribution >= 4 is 44.1 Å². The normalized spacial score (nSPS) is 16.0. The first kappa shape index (κ1) is 20.3. The van der Waals surface area contributed by atoms with Crippen LogP contribution in [0.25, 0.3) is 10.2 Å². The van der Waals surface area contributed by atoms with Crippen molar-refractivity contribution in [2.24, 2.45) is 5.92 Å². The van der Waals surface area contributed by atoms with E-state index in [1.807, 2.05) is 6.92 Å². The summed E-state index contributed by atoms with van der Waals surface area (Å²) in [7, 11) is 0. The van der Waals surface area contributed by atoms with E-state index in [9.17, 15) is 14.4 Å². The van der Waals surface area contributed by atoms with Gasteiger partial charge < -0.3 is 5.32 Å². The smallest absolute Gasteiger partial charge is 0.308 e. The SMILES string of the molecule is CC(=O)c1cccc(NC(=O)Nc2sc3nc4n(c(=O)c3c2C)CC[C@H](C)CC4)c1. The second kappa shape index (κ2) is 8.02. The number of nitrogens with one attached hydrogen (secondary N) is 2. The van der Waals surface area contributed by atoms with Crippen molar-refractivity contribution in [3.8, 4) is 0 Å². The number of fused-ring (bicyclic) bond motifs is 2. The highest BCUT2D eigenvalue weighted by Gasteiger charge is 2.21. The molecule has 0 bridgehead atoms. The summed E-state index contributed by atoms with van der Waals surface area (Å²) in [5, 5.41) is 6.75. The number of amides is 2. The van der Waals surface area contributed by atoms with E-state index >= 15 is 0 Å². The molecule has 156 valence electrons. The average Bonchev–Trinajstić information content (AvgIpc) is 2.88. The minimum atomic E-state index is -0.430. The van der Waals surface area contributed by atoms with Crippen molar-refractivity contribution in [3.63, 3.8) is 0 Å². The molecule has 1 aromatic carbocycles. The molecule has 8 heteroatoms. The highest BCUT2D eigenvalue weighted by molar-refractivity contribution is 7.22. The largest absolute Gasteiger partial charge is 0.324 e. The summed E-state index contributed by atoms with van der Waals surface area (Å²) >= 11 is 1.31. The van der Waals surface area contributed by atoms with Crippen molar-refractivity contribution in [2.75, 3.05) is 10.6 Å². The third-order valence-corrected chi connectivity index (χ3v) is 6.69. The number of Topliss-reactive ketones (excluding diaryl/α,β-unsaturated/α-hetero) is 1. The molecule has 0 unspecified atom stereocenters. The van der Waals surface area contributed by atoms with Gasteiger partial charge in [0.2, 0.25) is 0 Å². The highest BCUT2D eigenvalue weighted by Crippen LogP contribution is 2.33. The van der Waals surface area contributed by atoms with Gasteiger partial charge in [-0.1, -0.05) is 30.4 Å². The van der Waals surface area contributed by atoms with Gasteiger partial charge in [-0.25, -0.2) is 9.78 Å². The van der Waals surface area contributed by atoms with Gasteiger partial charge in [-0.15, -0.1) is 0 Å². The molecule has 2 N–H and O–H groups in total. The van der Waals surface area contributed by atoms with Crippen LogP contribution < -0.4 is 16.2 Å². The summed E-state index contributed by atoms with van der Waals surface area (Å²) < 4.78 is 1.79. The van der Waals surface area contributed by atoms with Crippen molar-refractivity contribution in [3.05, 3.63) is 51.6 Å². The molecule has 0 spiro atoms. The van der Waals surface area contributed by atoms with Crippen LogP contribution in [-0.4, -0.2) is 21.4 Å². The van der Waals surface area contributed by atoms with E-state index in [1.54, 1.807) is 28.8 Å². The fourth-order valence-electron chi connectivity index (χ4n) is 3.75. The number of hydrogen-bond acceptors (Lipinski definition) is 5. The molecular weight excluding hydrogens is 400 g/mol. The quantitative estimate of drug-likeness (QED) is 0.602. The van der Waals surface area contributed by atoms with Crippen molar-refractivity contribution in [1.29, 1.82) is 0 Å². The van der Waals surface area contributed by atoms with Crippen LogP contribution >= 0.6 is 11.3 Å². The Labute approximate surface area is 178 Å². The van der Waals surface area contributed by atoms with E-state index in [0.717, 1.165) is 30.7 Å². The Bertz CT molecular complexity index is 1210. The van der Waals surface area contributed by atoms with E-state index in [4.69, 9.17) is 4.98 Å². The van der Waals surface area contributed by atoms with Gasteiger partial charge >= 0.3 is 6.03 Å². The highest BCUT2D eigenvalue weighted by atomic mass is 32.1. The van der Waals surface area contributed by atoms with Crippen LogP contribution in [0, 0.1) is 12.8 Å². The van der Waals surface area contributed by atoms with Gasteiger partial charge in [0.15, 0.2) is 5.78 Å². The lowest BCUT2D eigenvalue weighted by molar-refractivity contribution is 0.101. The predicted molar refractivity (Wildman–Crippen MR) is 120 cm³/mol. The molecule has 0 saturated carbocycles. The number of benzene rings is 1. The van der Waals surface area contributed by atoms with Crippen LogP contribution in [0.4, 0.5) is 15.5 Å². The van der Waals surface area contributed by atoms with Gasteiger partial charge in [0.25, 0.3) is 5.56 Å². The second-order valence-corrected chi connectivity index (χ2v) is 8.87. The van der Waals surface area contributed by atoms with E-state index in [2.05, 4.69) is 17.6 Å². The molecule has 7 nitrogen and oxygen atoms in total. The number of nitrogens with zero attached hydrogens (tertiary/aromatic N) is 2. The number of thiophene rings is 1. The maximum atomic E-state index is 13.1. The zero-order valence-electron chi connectivity index (χ0n) is 17.2. The summed E-state index contributed by atoms with van der Waals surface area (Å²) in [6.07, 6.45) is 2.78. The number of anilines is 2. The van der Waals surface area contributed by atoms with E-state index in [-0.39, 0.29) is 11.3 Å². The maximum Gasteiger partial charge on any atom is 0.324 e. The van der Waals surface area contributed by atoms with Crippen molar-refractivity contribution < 1.29 is 9.59 Å². The van der Waals surface area contributed by atoms with Crippen molar-refractivity contribution in [2.45, 2.75) is 46.6 Å². The molecule has 0 radical (unpaired) electrons. The summed E-state index contributed by atoms with van der Waals surface area (Å²) in [4.78, 5) is 42.6. The Morgan fingerprint density at radius 2 is 2.03 bits per heavy atom. The third kappa shape index (κ3) is 3.87. The lowest BCUT2D eigenvalue weighted by Gasteiger charge is -2.08. The van der Waals surface area contributed by atoms with Crippen molar-refractivity contribution in [1.82, 2.24) is 9.55 Å². The fourth-order valence-corrected chi connectivity index (χ4v) is 4.84. The molecule has 3 heterocycles. The number of carbonyl (C=O) groups is 2. The molecule has 0 fully saturated rings. The summed E-state index contributed by atoms with van der Waals surface area (Å²) in [5.41, 5.74) is 1.75. The Balaban J connectivity index is 1.61. The van der Waals surface area contributed by atoms with Gasteiger partial charge in [0, 0.05) is 24.2 Å². The number of ketones is 1. The summed E-state index contributed by atoms with van der Waals surface area (Å²) in [6.45, 7) is 6.20. The molecule has 3 aromatic rings. The molecule has 2 amide bonds. The van der Waals surface area contributed by atoms with Crippen LogP contribution in [-0.2, 0) is 13.0 Å². The number of urea groups is 1. The molecule has 0 aliphatic carbocycles. The zero-order chi connectivity index (χ0) is 21.4. The minimum Gasteiger partial charge on any atom is -0.308 e. The first-order chi connectivity index (χ1) is 14.3. The topological polar surface area (TPSA) is 93.1 Å². The number of carbonyl (C=O) groups excluding carboxylic acids is 2. The van der Waals surface area contributed by atoms with Gasteiger partial charge in [-0.05, 0) is 50.3 Å². The minimum absolute atomic E-state index is 0.0273. The monoisotopic (exact) mass is 424 g/mol. The van der Waals surface area contributed by atoms with E-state index in [1.165, 1.54) is 18.3 Å². The standard InChI is InChI=1S/C22H24N4O3S/c1-12-7-8-17-24-20-18(21(28)26(17)10-9-12)13(2)19(30-20)25-22(29)23-16-6-4-5-15(11-16)14(3)27/h4-6,11-12H,7-10H2,1-3H3,(H2,23,25,29)/t12-/m1/s1. The lowest BCUT2D eigenvalue weighted by atomic mass is 10.0. The molecule has 30 heavy (non-hydrogen) atoms. The summed E-state index contributed by atoms with van der Waals surface area (Å²) in [6, 6.07) is 6.34. The Morgan fingerprint density at radius 3 is 2.80 bits per heavy atom. The number of hydrogen-bond donors (Lipinski definition) is 2. The van der Waals surface area contributed by atoms with Crippen LogP contribution in [0.3, 0.4) is 0 Å². The molecule has 2 aromatic heterocycles. The zero-order valence-corrected chi connectivity index (χ0v) is 18.1. The van der Waals surface area contributed by atoms with E-state index < -0.39 is 6.03 Å². The third-order valence-electron chi connectivity index (χ3n) is 5.59. The molecule has 1 aliphatic heterocycles. The number of aromatic nitrogens is 2. The van der Waals surface area contributed by atoms with Gasteiger partial charge in [-0.2, -0.15) is 0 Å². The number of aryl methyl sites for hydroxylation is 2. The molecule has 1 atom stereocenters. The second-order valence-electron chi connectivity index (χ2n) is 7.87. The molecule has 1 aliphatic rings. The van der Waals surface area contributed by atoms with Gasteiger partial charge in [-0.3, -0.25) is 19.5 Å². The fraction of sp³-hybridized carbons (Fsp3) is 0.364. The average molecular weight is 425 g/mol. The predicted octanol–water partition coefficient (Wildman–Crippen LogP) is 4.59. The molecular formula is C22H24N4O3S. The molecule has 0 saturated heterocycles. The van der Waals surface area contributed by atoms with Crippen LogP contribution in [0.2, 0.25) is 0 Å². The summed E-state index contributed by atoms with van der Waals surface area (Å²) in [5.74, 6) is 1.34. The number of rotatable bonds is 3. The first-order valence-electron chi connectivity index (χ1n) is 10.1. The van der Waals surface area contributed by atoms with E-state index in [0.29, 0.717) is 38.9 Å². The lowest BCUT2D eigenvalue weighted by Crippen LogP contribution is -2.24. The van der Waals surface area contributed by atoms with Crippen LogP contribution in [0.1, 0.15) is 48.4 Å². The van der Waals surface area contributed by atoms with Gasteiger partial charge in [0.05, 0.1) is 5.39 Å². The van der Waals surface area contributed by atoms with Crippen LogP contribution in [0.5, 0.6) is 0 Å². The Morgan fingerprint density at radius 1 is 1.23 bits per heavy atom. The van der Waals surface area contributed by atoms with Gasteiger partial charge in [0.1, 0.15) is 15.7 Å². The Kier molecular flexibility index (Phi) is 5.42. The first-order valence-corrected chi connectivity index (χ1v) is 10.9.